The number of hydrogen-bond donors (Lipinski definition) is 0. The summed E-state index contributed by atoms with van der Waals surface area (Å²) in [6, 6.07) is 12.4. The summed E-state index contributed by atoms with van der Waals surface area (Å²) in [5.74, 6) is 0. The second-order valence-electron chi connectivity index (χ2n) is 5.90. The molecule has 0 aliphatic carbocycles. The van der Waals surface area contributed by atoms with Gasteiger partial charge in [0.2, 0.25) is 0 Å². The molecule has 0 radical (unpaired) electrons. The van der Waals surface area contributed by atoms with Crippen molar-refractivity contribution in [1.82, 2.24) is 24.1 Å². The highest BCUT2D eigenvalue weighted by atomic mass is 15.3. The zero-order valence-corrected chi connectivity index (χ0v) is 13.6. The Balaban J connectivity index is 2.00. The smallest absolute Gasteiger partial charge is 0.138 e. The summed E-state index contributed by atoms with van der Waals surface area (Å²) < 4.78 is 3.73. The minimum atomic E-state index is 0.737. The van der Waals surface area contributed by atoms with E-state index in [-0.39, 0.29) is 0 Å². The highest BCUT2D eigenvalue weighted by molar-refractivity contribution is 5.79. The van der Waals surface area contributed by atoms with E-state index in [2.05, 4.69) is 71.4 Å². The summed E-state index contributed by atoms with van der Waals surface area (Å²) in [4.78, 5) is 8.85. The van der Waals surface area contributed by atoms with Crippen molar-refractivity contribution >= 4 is 11.3 Å². The van der Waals surface area contributed by atoms with Gasteiger partial charge in [-0.05, 0) is 25.5 Å². The van der Waals surface area contributed by atoms with E-state index < -0.39 is 0 Å². The molecule has 0 aliphatic rings. The number of pyridine rings is 1. The van der Waals surface area contributed by atoms with Gasteiger partial charge in [0.15, 0.2) is 0 Å². The maximum atomic E-state index is 4.83. The Bertz CT molecular complexity index is 1020. The molecule has 4 aromatic rings. The van der Waals surface area contributed by atoms with Crippen LogP contribution in [0.5, 0.6) is 0 Å². The van der Waals surface area contributed by atoms with Crippen molar-refractivity contribution in [2.45, 2.75) is 13.8 Å². The van der Waals surface area contributed by atoms with Crippen LogP contribution in [0.1, 0.15) is 16.8 Å². The second kappa shape index (κ2) is 5.45. The first-order chi connectivity index (χ1) is 11.6. The molecule has 0 fully saturated rings. The Morgan fingerprint density at radius 2 is 1.75 bits per heavy atom. The summed E-state index contributed by atoms with van der Waals surface area (Å²) >= 11 is 0. The van der Waals surface area contributed by atoms with Gasteiger partial charge in [0.05, 0.1) is 17.1 Å². The predicted octanol–water partition coefficient (Wildman–Crippen LogP) is 3.73. The first kappa shape index (κ1) is 14.4. The number of aromatic nitrogens is 5. The van der Waals surface area contributed by atoms with Gasteiger partial charge in [0.1, 0.15) is 18.3 Å². The molecule has 0 atom stereocenters. The lowest BCUT2D eigenvalue weighted by Gasteiger charge is -2.09. The first-order valence-corrected chi connectivity index (χ1v) is 7.73. The van der Waals surface area contributed by atoms with Crippen molar-refractivity contribution in [2.75, 3.05) is 0 Å². The Hall–Kier alpha value is -3.21. The van der Waals surface area contributed by atoms with E-state index in [1.165, 1.54) is 11.9 Å². The van der Waals surface area contributed by atoms with E-state index in [0.29, 0.717) is 0 Å². The lowest BCUT2D eigenvalue weighted by molar-refractivity contribution is 0.893. The van der Waals surface area contributed by atoms with Gasteiger partial charge >= 0.3 is 0 Å². The second-order valence-corrected chi connectivity index (χ2v) is 5.90. The molecule has 0 amide bonds. The number of nitrogens with zero attached hydrogens (tertiary/aromatic N) is 5. The number of hydrogen-bond acceptors (Lipinski definition) is 3. The topological polar surface area (TPSA) is 48.0 Å². The molecule has 1 aromatic carbocycles. The maximum Gasteiger partial charge on any atom is 0.138 e. The fraction of sp³-hybridized carbons (Fsp3) is 0.105. The number of fused-ring (bicyclic) bond motifs is 1. The molecule has 0 unspecified atom stereocenters. The molecule has 0 spiro atoms. The molecule has 0 aliphatic heterocycles. The molecule has 24 heavy (non-hydrogen) atoms. The maximum absolute atomic E-state index is 4.83. The zero-order valence-electron chi connectivity index (χ0n) is 13.6. The lowest BCUT2D eigenvalue weighted by Crippen LogP contribution is -2.03. The predicted molar refractivity (Wildman–Crippen MR) is 94.6 cm³/mol. The van der Waals surface area contributed by atoms with Crippen LogP contribution in [0.15, 0.2) is 61.8 Å². The average molecular weight is 315 g/mol. The summed E-state index contributed by atoms with van der Waals surface area (Å²) in [7, 11) is 0. The third-order valence-corrected chi connectivity index (χ3v) is 4.06. The molecule has 4 rings (SSSR count). The average Bonchev–Trinajstić information content (AvgIpc) is 3.22. The molecule has 118 valence electrons. The monoisotopic (exact) mass is 315 g/mol. The van der Waals surface area contributed by atoms with Gasteiger partial charge in [-0.15, -0.1) is 0 Å². The van der Waals surface area contributed by atoms with Gasteiger partial charge < -0.3 is 0 Å². The van der Waals surface area contributed by atoms with Gasteiger partial charge in [-0.1, -0.05) is 42.5 Å². The molecule has 0 saturated carbocycles. The number of benzene rings is 1. The van der Waals surface area contributed by atoms with Crippen LogP contribution in [0.4, 0.5) is 0 Å². The Morgan fingerprint density at radius 1 is 1.00 bits per heavy atom. The number of aryl methyl sites for hydroxylation is 2. The quantitative estimate of drug-likeness (QED) is 0.579. The molecule has 0 bridgehead atoms. The van der Waals surface area contributed by atoms with E-state index in [1.807, 2.05) is 6.07 Å². The zero-order chi connectivity index (χ0) is 16.7. The molecule has 3 aromatic heterocycles. The SMILES string of the molecule is C=C(c1c(-c2ccc(C)cc2)nc2ccc(C)cn12)n1cncn1. The van der Waals surface area contributed by atoms with Crippen molar-refractivity contribution in [3.05, 3.63) is 78.6 Å². The van der Waals surface area contributed by atoms with Crippen LogP contribution in [0.25, 0.3) is 22.6 Å². The molecule has 3 heterocycles. The van der Waals surface area contributed by atoms with Crippen LogP contribution >= 0.6 is 0 Å². The Kier molecular flexibility index (Phi) is 3.27. The van der Waals surface area contributed by atoms with Crippen LogP contribution < -0.4 is 0 Å². The highest BCUT2D eigenvalue weighted by Crippen LogP contribution is 2.30. The summed E-state index contributed by atoms with van der Waals surface area (Å²) in [6.45, 7) is 8.36. The van der Waals surface area contributed by atoms with Crippen LogP contribution in [0, 0.1) is 13.8 Å². The normalized spacial score (nSPS) is 11.1. The lowest BCUT2D eigenvalue weighted by atomic mass is 10.1. The molecular weight excluding hydrogens is 298 g/mol. The minimum Gasteiger partial charge on any atom is -0.297 e. The van der Waals surface area contributed by atoms with E-state index >= 15 is 0 Å². The fourth-order valence-corrected chi connectivity index (χ4v) is 2.80. The van der Waals surface area contributed by atoms with Crippen LogP contribution in [-0.2, 0) is 0 Å². The molecule has 5 nitrogen and oxygen atoms in total. The van der Waals surface area contributed by atoms with Gasteiger partial charge in [0, 0.05) is 11.8 Å². The molecular formula is C19H17N5. The fourth-order valence-electron chi connectivity index (χ4n) is 2.80. The van der Waals surface area contributed by atoms with Gasteiger partial charge in [0.25, 0.3) is 0 Å². The Labute approximate surface area is 139 Å². The third-order valence-electron chi connectivity index (χ3n) is 4.06. The van der Waals surface area contributed by atoms with Crippen molar-refractivity contribution in [1.29, 1.82) is 0 Å². The molecule has 0 saturated heterocycles. The van der Waals surface area contributed by atoms with Crippen molar-refractivity contribution in [3.8, 4) is 11.3 Å². The Morgan fingerprint density at radius 3 is 2.46 bits per heavy atom. The summed E-state index contributed by atoms with van der Waals surface area (Å²) in [5, 5.41) is 4.22. The van der Waals surface area contributed by atoms with Crippen LogP contribution in [0.2, 0.25) is 0 Å². The number of imidazole rings is 1. The summed E-state index contributed by atoms with van der Waals surface area (Å²) in [6.07, 6.45) is 5.22. The molecule has 0 N–H and O–H groups in total. The highest BCUT2D eigenvalue weighted by Gasteiger charge is 2.18. The standard InChI is InChI=1S/C19H17N5/c1-13-4-7-16(8-5-13)18-19(15(3)24-12-20-11-21-24)23-10-14(2)6-9-17(23)22-18/h4-12H,3H2,1-2H3. The van der Waals surface area contributed by atoms with Gasteiger partial charge in [-0.2, -0.15) is 5.10 Å². The minimum absolute atomic E-state index is 0.737. The summed E-state index contributed by atoms with van der Waals surface area (Å²) in [5.41, 5.74) is 6.86. The van der Waals surface area contributed by atoms with E-state index in [0.717, 1.165) is 33.9 Å². The van der Waals surface area contributed by atoms with Crippen molar-refractivity contribution in [2.24, 2.45) is 0 Å². The first-order valence-electron chi connectivity index (χ1n) is 7.73. The van der Waals surface area contributed by atoms with Crippen LogP contribution in [0.3, 0.4) is 0 Å². The third kappa shape index (κ3) is 2.31. The number of rotatable bonds is 3. The van der Waals surface area contributed by atoms with E-state index in [1.54, 1.807) is 11.0 Å². The van der Waals surface area contributed by atoms with Crippen molar-refractivity contribution < 1.29 is 0 Å². The van der Waals surface area contributed by atoms with Gasteiger partial charge in [-0.25, -0.2) is 14.6 Å². The largest absolute Gasteiger partial charge is 0.297 e. The van der Waals surface area contributed by atoms with E-state index in [4.69, 9.17) is 4.98 Å². The molecule has 5 heteroatoms. The van der Waals surface area contributed by atoms with Gasteiger partial charge in [-0.3, -0.25) is 4.40 Å². The van der Waals surface area contributed by atoms with Crippen LogP contribution in [-0.4, -0.2) is 24.1 Å². The van der Waals surface area contributed by atoms with E-state index in [9.17, 15) is 0 Å². The van der Waals surface area contributed by atoms with Crippen molar-refractivity contribution in [3.63, 3.8) is 0 Å².